The molecule has 1 aromatic rings. The molecule has 2 rings (SSSR count). The summed E-state index contributed by atoms with van der Waals surface area (Å²) in [4.78, 5) is 27.0. The van der Waals surface area contributed by atoms with E-state index in [-0.39, 0.29) is 28.8 Å². The van der Waals surface area contributed by atoms with Crippen LogP contribution in [0.5, 0.6) is 0 Å². The summed E-state index contributed by atoms with van der Waals surface area (Å²) in [5.41, 5.74) is -0.228. The first-order valence-corrected chi connectivity index (χ1v) is 6.90. The monoisotopic (exact) mass is 286 g/mol. The molecule has 0 spiro atoms. The van der Waals surface area contributed by atoms with Crippen molar-refractivity contribution in [3.63, 3.8) is 0 Å². The number of halogens is 1. The van der Waals surface area contributed by atoms with Gasteiger partial charge < -0.3 is 4.74 Å². The number of hydrogen-bond donors (Lipinski definition) is 1. The van der Waals surface area contributed by atoms with Gasteiger partial charge in [-0.2, -0.15) is 0 Å². The van der Waals surface area contributed by atoms with Crippen molar-refractivity contribution < 1.29 is 4.74 Å². The van der Waals surface area contributed by atoms with Crippen molar-refractivity contribution in [3.05, 3.63) is 31.6 Å². The summed E-state index contributed by atoms with van der Waals surface area (Å²) >= 11 is 5.97. The maximum Gasteiger partial charge on any atom is 0.329 e. The van der Waals surface area contributed by atoms with Gasteiger partial charge in [0.15, 0.2) is 0 Å². The zero-order valence-electron chi connectivity index (χ0n) is 11.4. The van der Waals surface area contributed by atoms with Crippen LogP contribution in [0.3, 0.4) is 0 Å². The predicted molar refractivity (Wildman–Crippen MR) is 74.1 cm³/mol. The van der Waals surface area contributed by atoms with Crippen molar-refractivity contribution in [1.29, 1.82) is 0 Å². The Bertz CT molecular complexity index is 576. The van der Waals surface area contributed by atoms with E-state index >= 15 is 0 Å². The van der Waals surface area contributed by atoms with E-state index in [4.69, 9.17) is 16.3 Å². The van der Waals surface area contributed by atoms with Gasteiger partial charge in [-0.05, 0) is 25.2 Å². The Labute approximate surface area is 116 Å². The van der Waals surface area contributed by atoms with Crippen LogP contribution in [0.1, 0.15) is 50.6 Å². The molecule has 1 aliphatic carbocycles. The van der Waals surface area contributed by atoms with Gasteiger partial charge in [-0.3, -0.25) is 14.3 Å². The summed E-state index contributed by atoms with van der Waals surface area (Å²) in [6, 6.07) is -0.101. The topological polar surface area (TPSA) is 64.1 Å². The number of aromatic nitrogens is 2. The molecule has 1 heterocycles. The van der Waals surface area contributed by atoms with Crippen LogP contribution in [-0.2, 0) is 4.74 Å². The number of methoxy groups -OCH3 is 1. The van der Waals surface area contributed by atoms with E-state index < -0.39 is 5.69 Å². The Morgan fingerprint density at radius 2 is 2.05 bits per heavy atom. The van der Waals surface area contributed by atoms with Gasteiger partial charge in [0.2, 0.25) is 0 Å². The minimum atomic E-state index is -0.429. The molecule has 0 bridgehead atoms. The lowest BCUT2D eigenvalue weighted by Gasteiger charge is -2.16. The van der Waals surface area contributed by atoms with Gasteiger partial charge in [0.05, 0.1) is 11.7 Å². The van der Waals surface area contributed by atoms with Crippen LogP contribution < -0.4 is 11.2 Å². The van der Waals surface area contributed by atoms with E-state index in [0.717, 1.165) is 12.8 Å². The van der Waals surface area contributed by atoms with Gasteiger partial charge in [-0.15, -0.1) is 0 Å². The SMILES string of the molecule is COC1CCC(n2c(=O)[nH]c(Cl)c(C(C)C)c2=O)C1. The van der Waals surface area contributed by atoms with Crippen molar-refractivity contribution in [2.75, 3.05) is 7.11 Å². The normalized spacial score (nSPS) is 23.2. The highest BCUT2D eigenvalue weighted by molar-refractivity contribution is 6.30. The summed E-state index contributed by atoms with van der Waals surface area (Å²) < 4.78 is 6.60. The van der Waals surface area contributed by atoms with E-state index in [9.17, 15) is 9.59 Å². The molecule has 5 nitrogen and oxygen atoms in total. The number of aromatic amines is 1. The van der Waals surface area contributed by atoms with Crippen LogP contribution in [0.2, 0.25) is 5.15 Å². The lowest BCUT2D eigenvalue weighted by molar-refractivity contribution is 0.105. The smallest absolute Gasteiger partial charge is 0.329 e. The van der Waals surface area contributed by atoms with Crippen molar-refractivity contribution in [1.82, 2.24) is 9.55 Å². The number of H-pyrrole nitrogens is 1. The Hall–Kier alpha value is -1.07. The second-order valence-corrected chi connectivity index (χ2v) is 5.69. The average molecular weight is 287 g/mol. The van der Waals surface area contributed by atoms with Crippen LogP contribution in [0.4, 0.5) is 0 Å². The molecule has 1 aromatic heterocycles. The average Bonchev–Trinajstić information content (AvgIpc) is 2.76. The van der Waals surface area contributed by atoms with Crippen molar-refractivity contribution in [3.8, 4) is 0 Å². The van der Waals surface area contributed by atoms with Crippen LogP contribution in [-0.4, -0.2) is 22.8 Å². The molecule has 0 aromatic carbocycles. The molecule has 2 unspecified atom stereocenters. The summed E-state index contributed by atoms with van der Waals surface area (Å²) in [5.74, 6) is -0.0253. The molecule has 1 saturated carbocycles. The molecule has 19 heavy (non-hydrogen) atoms. The standard InChI is InChI=1S/C13H19ClN2O3/c1-7(2)10-11(14)15-13(18)16(12(10)17)8-4-5-9(6-8)19-3/h7-9H,4-6H2,1-3H3,(H,15,18). The van der Waals surface area contributed by atoms with E-state index in [1.165, 1.54) is 4.57 Å². The molecular weight excluding hydrogens is 268 g/mol. The van der Waals surface area contributed by atoms with Crippen LogP contribution >= 0.6 is 11.6 Å². The van der Waals surface area contributed by atoms with Crippen LogP contribution in [0.15, 0.2) is 9.59 Å². The first kappa shape index (κ1) is 14.3. The predicted octanol–water partition coefficient (Wildman–Crippen LogP) is 2.05. The molecule has 106 valence electrons. The van der Waals surface area contributed by atoms with Crippen LogP contribution in [0, 0.1) is 0 Å². The summed E-state index contributed by atoms with van der Waals surface area (Å²) in [6.07, 6.45) is 2.46. The highest BCUT2D eigenvalue weighted by Crippen LogP contribution is 2.30. The van der Waals surface area contributed by atoms with E-state index in [1.807, 2.05) is 13.8 Å². The van der Waals surface area contributed by atoms with Gasteiger partial charge in [0, 0.05) is 13.2 Å². The summed E-state index contributed by atoms with van der Waals surface area (Å²) in [6.45, 7) is 3.77. The molecule has 0 amide bonds. The van der Waals surface area contributed by atoms with Gasteiger partial charge in [0.25, 0.3) is 5.56 Å². The largest absolute Gasteiger partial charge is 0.381 e. The molecule has 1 fully saturated rings. The number of nitrogens with zero attached hydrogens (tertiary/aromatic N) is 1. The number of ether oxygens (including phenoxy) is 1. The third kappa shape index (κ3) is 2.62. The highest BCUT2D eigenvalue weighted by atomic mass is 35.5. The molecule has 0 aliphatic heterocycles. The van der Waals surface area contributed by atoms with Crippen molar-refractivity contribution in [2.24, 2.45) is 0 Å². The van der Waals surface area contributed by atoms with Gasteiger partial charge in [0.1, 0.15) is 5.15 Å². The van der Waals surface area contributed by atoms with E-state index in [1.54, 1.807) is 7.11 Å². The third-order valence-electron chi connectivity index (χ3n) is 3.75. The highest BCUT2D eigenvalue weighted by Gasteiger charge is 2.29. The zero-order valence-corrected chi connectivity index (χ0v) is 12.2. The molecule has 0 radical (unpaired) electrons. The van der Waals surface area contributed by atoms with E-state index in [2.05, 4.69) is 4.98 Å². The quantitative estimate of drug-likeness (QED) is 0.865. The number of nitrogens with one attached hydrogen (secondary N) is 1. The fourth-order valence-corrected chi connectivity index (χ4v) is 3.12. The minimum Gasteiger partial charge on any atom is -0.381 e. The number of hydrogen-bond acceptors (Lipinski definition) is 3. The van der Waals surface area contributed by atoms with Gasteiger partial charge in [-0.25, -0.2) is 4.79 Å². The Morgan fingerprint density at radius 1 is 1.37 bits per heavy atom. The van der Waals surface area contributed by atoms with Crippen molar-refractivity contribution >= 4 is 11.6 Å². The number of rotatable bonds is 3. The molecular formula is C13H19ClN2O3. The minimum absolute atomic E-state index is 0.0253. The van der Waals surface area contributed by atoms with Gasteiger partial charge >= 0.3 is 5.69 Å². The fraction of sp³-hybridized carbons (Fsp3) is 0.692. The van der Waals surface area contributed by atoms with E-state index in [0.29, 0.717) is 12.0 Å². The maximum atomic E-state index is 12.5. The lowest BCUT2D eigenvalue weighted by atomic mass is 10.1. The van der Waals surface area contributed by atoms with Gasteiger partial charge in [-0.1, -0.05) is 25.4 Å². The summed E-state index contributed by atoms with van der Waals surface area (Å²) in [7, 11) is 1.65. The Balaban J connectivity index is 2.50. The third-order valence-corrected chi connectivity index (χ3v) is 4.05. The second-order valence-electron chi connectivity index (χ2n) is 5.31. The molecule has 6 heteroatoms. The maximum absolute atomic E-state index is 12.5. The summed E-state index contributed by atoms with van der Waals surface area (Å²) in [5, 5.41) is 0.155. The van der Waals surface area contributed by atoms with Crippen molar-refractivity contribution in [2.45, 2.75) is 51.2 Å². The zero-order chi connectivity index (χ0) is 14.2. The Kier molecular flexibility index (Phi) is 4.16. The fourth-order valence-electron chi connectivity index (χ4n) is 2.74. The second kappa shape index (κ2) is 5.51. The first-order chi connectivity index (χ1) is 8.95. The Morgan fingerprint density at radius 3 is 2.58 bits per heavy atom. The lowest BCUT2D eigenvalue weighted by Crippen LogP contribution is -2.40. The molecule has 1 aliphatic rings. The molecule has 0 saturated heterocycles. The van der Waals surface area contributed by atoms with Crippen LogP contribution in [0.25, 0.3) is 0 Å². The molecule has 2 atom stereocenters. The molecule has 1 N–H and O–H groups in total. The first-order valence-electron chi connectivity index (χ1n) is 6.52.